The van der Waals surface area contributed by atoms with Gasteiger partial charge in [-0.25, -0.2) is 4.98 Å². The molecule has 126 valence electrons. The highest BCUT2D eigenvalue weighted by Gasteiger charge is 2.18. The second-order valence-corrected chi connectivity index (χ2v) is 6.48. The maximum Gasteiger partial charge on any atom is 0.137 e. The van der Waals surface area contributed by atoms with Crippen LogP contribution in [0.15, 0.2) is 29.2 Å². The lowest BCUT2D eigenvalue weighted by atomic mass is 10.0. The van der Waals surface area contributed by atoms with Crippen LogP contribution in [0.4, 0.5) is 0 Å². The van der Waals surface area contributed by atoms with Crippen molar-refractivity contribution in [2.45, 2.75) is 32.7 Å². The zero-order chi connectivity index (χ0) is 16.1. The molecule has 1 aliphatic rings. The lowest BCUT2D eigenvalue weighted by Crippen LogP contribution is -2.47. The van der Waals surface area contributed by atoms with Gasteiger partial charge in [-0.3, -0.25) is 9.58 Å². The number of hydrogen-bond acceptors (Lipinski definition) is 5. The molecule has 0 N–H and O–H groups in total. The predicted molar refractivity (Wildman–Crippen MR) is 89.4 cm³/mol. The molecule has 3 rings (SSSR count). The second-order valence-electron chi connectivity index (χ2n) is 6.48. The molecule has 0 radical (unpaired) electrons. The van der Waals surface area contributed by atoms with Gasteiger partial charge in [-0.15, -0.1) is 0 Å². The van der Waals surface area contributed by atoms with E-state index in [1.165, 1.54) is 0 Å². The summed E-state index contributed by atoms with van der Waals surface area (Å²) in [4.78, 5) is 9.06. The SMILES string of the molecule is Cc1ccc([C@@H](C)CCN2CCN(CCn3cncn3)CC2)o1. The van der Waals surface area contributed by atoms with Crippen molar-refractivity contribution in [3.05, 3.63) is 36.3 Å². The Kier molecular flexibility index (Phi) is 5.46. The van der Waals surface area contributed by atoms with Crippen molar-refractivity contribution < 1.29 is 4.42 Å². The summed E-state index contributed by atoms with van der Waals surface area (Å²) in [5.74, 6) is 2.62. The maximum atomic E-state index is 5.73. The summed E-state index contributed by atoms with van der Waals surface area (Å²) in [6, 6.07) is 4.17. The zero-order valence-electron chi connectivity index (χ0n) is 14.2. The summed E-state index contributed by atoms with van der Waals surface area (Å²) < 4.78 is 7.63. The van der Waals surface area contributed by atoms with E-state index in [0.29, 0.717) is 5.92 Å². The molecule has 1 aliphatic heterocycles. The fourth-order valence-electron chi connectivity index (χ4n) is 3.07. The number of piperazine rings is 1. The van der Waals surface area contributed by atoms with E-state index in [1.54, 1.807) is 12.7 Å². The Morgan fingerprint density at radius 2 is 1.83 bits per heavy atom. The van der Waals surface area contributed by atoms with Crippen LogP contribution in [-0.4, -0.2) is 63.8 Å². The quantitative estimate of drug-likeness (QED) is 0.782. The topological polar surface area (TPSA) is 50.3 Å². The molecule has 1 atom stereocenters. The van der Waals surface area contributed by atoms with Crippen LogP contribution >= 0.6 is 0 Å². The van der Waals surface area contributed by atoms with E-state index in [2.05, 4.69) is 38.9 Å². The molecule has 1 saturated heterocycles. The molecule has 0 unspecified atom stereocenters. The van der Waals surface area contributed by atoms with Crippen LogP contribution in [0.25, 0.3) is 0 Å². The average Bonchev–Trinajstić information content (AvgIpc) is 3.23. The number of nitrogens with zero attached hydrogens (tertiary/aromatic N) is 5. The molecular weight excluding hydrogens is 290 g/mol. The number of aryl methyl sites for hydroxylation is 1. The Morgan fingerprint density at radius 3 is 2.43 bits per heavy atom. The summed E-state index contributed by atoms with van der Waals surface area (Å²) in [7, 11) is 0. The van der Waals surface area contributed by atoms with Gasteiger partial charge in [-0.2, -0.15) is 5.10 Å². The van der Waals surface area contributed by atoms with Crippen LogP contribution < -0.4 is 0 Å². The van der Waals surface area contributed by atoms with Gasteiger partial charge in [0.1, 0.15) is 24.2 Å². The number of rotatable bonds is 7. The van der Waals surface area contributed by atoms with Crippen molar-refractivity contribution in [1.29, 1.82) is 0 Å². The van der Waals surface area contributed by atoms with Crippen LogP contribution in [0, 0.1) is 6.92 Å². The standard InChI is InChI=1S/C17H27N5O/c1-15(17-4-3-16(2)23-17)5-6-20-7-9-21(10-8-20)11-12-22-14-18-13-19-22/h3-4,13-15H,5-12H2,1-2H3/t15-/m0/s1. The van der Waals surface area contributed by atoms with Crippen LogP contribution in [-0.2, 0) is 6.54 Å². The average molecular weight is 317 g/mol. The molecule has 6 nitrogen and oxygen atoms in total. The first-order chi connectivity index (χ1) is 11.2. The summed E-state index contributed by atoms with van der Waals surface area (Å²) in [5, 5.41) is 4.15. The van der Waals surface area contributed by atoms with Gasteiger partial charge in [0.25, 0.3) is 0 Å². The Morgan fingerprint density at radius 1 is 1.09 bits per heavy atom. The van der Waals surface area contributed by atoms with Gasteiger partial charge >= 0.3 is 0 Å². The Bertz CT molecular complexity index is 572. The van der Waals surface area contributed by atoms with Gasteiger partial charge in [-0.05, 0) is 32.0 Å². The minimum Gasteiger partial charge on any atom is -0.466 e. The second kappa shape index (κ2) is 7.75. The van der Waals surface area contributed by atoms with Crippen LogP contribution in [0.3, 0.4) is 0 Å². The first-order valence-corrected chi connectivity index (χ1v) is 8.54. The van der Waals surface area contributed by atoms with E-state index < -0.39 is 0 Å². The lowest BCUT2D eigenvalue weighted by Gasteiger charge is -2.35. The van der Waals surface area contributed by atoms with Crippen molar-refractivity contribution >= 4 is 0 Å². The summed E-state index contributed by atoms with van der Waals surface area (Å²) >= 11 is 0. The smallest absolute Gasteiger partial charge is 0.137 e. The summed E-state index contributed by atoms with van der Waals surface area (Å²) in [6.45, 7) is 12.0. The molecule has 23 heavy (non-hydrogen) atoms. The monoisotopic (exact) mass is 317 g/mol. The zero-order valence-corrected chi connectivity index (χ0v) is 14.2. The lowest BCUT2D eigenvalue weighted by molar-refractivity contribution is 0.125. The van der Waals surface area contributed by atoms with Crippen molar-refractivity contribution in [2.75, 3.05) is 39.3 Å². The van der Waals surface area contributed by atoms with Crippen LogP contribution in [0.5, 0.6) is 0 Å². The van der Waals surface area contributed by atoms with E-state index in [0.717, 1.165) is 63.8 Å². The highest BCUT2D eigenvalue weighted by Crippen LogP contribution is 2.21. The van der Waals surface area contributed by atoms with E-state index in [1.807, 2.05) is 11.6 Å². The highest BCUT2D eigenvalue weighted by atomic mass is 16.3. The Labute approximate surface area is 138 Å². The van der Waals surface area contributed by atoms with Gasteiger partial charge in [0.05, 0.1) is 6.54 Å². The van der Waals surface area contributed by atoms with E-state index in [9.17, 15) is 0 Å². The fraction of sp³-hybridized carbons (Fsp3) is 0.647. The molecule has 0 saturated carbocycles. The molecule has 6 heteroatoms. The van der Waals surface area contributed by atoms with Gasteiger partial charge in [0.2, 0.25) is 0 Å². The van der Waals surface area contributed by atoms with Gasteiger partial charge in [0, 0.05) is 38.6 Å². The van der Waals surface area contributed by atoms with Crippen molar-refractivity contribution in [2.24, 2.45) is 0 Å². The predicted octanol–water partition coefficient (Wildman–Crippen LogP) is 1.99. The normalized spacial score (nSPS) is 18.3. The van der Waals surface area contributed by atoms with Gasteiger partial charge in [-0.1, -0.05) is 6.92 Å². The molecule has 0 amide bonds. The van der Waals surface area contributed by atoms with E-state index in [-0.39, 0.29) is 0 Å². The molecule has 0 aromatic carbocycles. The molecule has 2 aromatic heterocycles. The summed E-state index contributed by atoms with van der Waals surface area (Å²) in [5.41, 5.74) is 0. The minimum atomic E-state index is 0.494. The Balaban J connectivity index is 1.34. The summed E-state index contributed by atoms with van der Waals surface area (Å²) in [6.07, 6.45) is 4.54. The third-order valence-corrected chi connectivity index (χ3v) is 4.70. The van der Waals surface area contributed by atoms with Crippen molar-refractivity contribution in [3.8, 4) is 0 Å². The van der Waals surface area contributed by atoms with E-state index in [4.69, 9.17) is 4.42 Å². The maximum absolute atomic E-state index is 5.73. The third-order valence-electron chi connectivity index (χ3n) is 4.70. The van der Waals surface area contributed by atoms with Gasteiger partial charge in [0.15, 0.2) is 0 Å². The van der Waals surface area contributed by atoms with Crippen molar-refractivity contribution in [1.82, 2.24) is 24.6 Å². The largest absolute Gasteiger partial charge is 0.466 e. The van der Waals surface area contributed by atoms with Crippen LogP contribution in [0.2, 0.25) is 0 Å². The Hall–Kier alpha value is -1.66. The molecular formula is C17H27N5O. The first-order valence-electron chi connectivity index (χ1n) is 8.54. The highest BCUT2D eigenvalue weighted by molar-refractivity contribution is 5.09. The number of hydrogen-bond donors (Lipinski definition) is 0. The first kappa shape index (κ1) is 16.2. The minimum absolute atomic E-state index is 0.494. The third kappa shape index (κ3) is 4.65. The molecule has 0 bridgehead atoms. The van der Waals surface area contributed by atoms with Gasteiger partial charge < -0.3 is 9.32 Å². The van der Waals surface area contributed by atoms with Crippen molar-refractivity contribution in [3.63, 3.8) is 0 Å². The molecule has 3 heterocycles. The molecule has 1 fully saturated rings. The molecule has 2 aromatic rings. The van der Waals surface area contributed by atoms with Crippen LogP contribution in [0.1, 0.15) is 30.8 Å². The van der Waals surface area contributed by atoms with E-state index >= 15 is 0 Å². The number of aromatic nitrogens is 3. The molecule has 0 aliphatic carbocycles. The molecule has 0 spiro atoms. The number of furan rings is 1. The fourth-order valence-corrected chi connectivity index (χ4v) is 3.07.